The van der Waals surface area contributed by atoms with Crippen molar-refractivity contribution in [2.75, 3.05) is 13.2 Å². The van der Waals surface area contributed by atoms with Crippen molar-refractivity contribution in [1.29, 1.82) is 0 Å². The highest BCUT2D eigenvalue weighted by molar-refractivity contribution is 5.95. The van der Waals surface area contributed by atoms with Crippen molar-refractivity contribution < 1.29 is 23.9 Å². The van der Waals surface area contributed by atoms with Crippen molar-refractivity contribution in [3.8, 4) is 0 Å². The van der Waals surface area contributed by atoms with Crippen LogP contribution in [0, 0.1) is 0 Å². The number of aromatic nitrogens is 1. The number of rotatable bonds is 4. The van der Waals surface area contributed by atoms with Gasteiger partial charge in [-0.3, -0.25) is 14.9 Å². The summed E-state index contributed by atoms with van der Waals surface area (Å²) in [4.78, 5) is 48.9. The van der Waals surface area contributed by atoms with Crippen LogP contribution in [0.5, 0.6) is 0 Å². The highest BCUT2D eigenvalue weighted by Gasteiger charge is 2.14. The molecule has 0 radical (unpaired) electrons. The standard InChI is InChI=1S/C15H14N2O6/c1-2-22-15(21)17-13(19)8-23-14(20)11-7-12(18)9-5-3-4-6-10(9)16-11/h3-7H,2,8H2,1H3,(H,16,18)(H,17,19,21). The number of benzene rings is 1. The van der Waals surface area contributed by atoms with Crippen molar-refractivity contribution in [1.82, 2.24) is 10.3 Å². The summed E-state index contributed by atoms with van der Waals surface area (Å²) in [5, 5.41) is 2.31. The minimum absolute atomic E-state index is 0.0855. The molecular weight excluding hydrogens is 304 g/mol. The molecule has 0 fully saturated rings. The first-order valence-electron chi connectivity index (χ1n) is 6.77. The van der Waals surface area contributed by atoms with E-state index >= 15 is 0 Å². The summed E-state index contributed by atoms with van der Waals surface area (Å²) in [5.74, 6) is -1.72. The Morgan fingerprint density at radius 2 is 1.91 bits per heavy atom. The van der Waals surface area contributed by atoms with E-state index in [0.29, 0.717) is 10.9 Å². The summed E-state index contributed by atoms with van der Waals surface area (Å²) >= 11 is 0. The van der Waals surface area contributed by atoms with E-state index in [1.807, 2.05) is 5.32 Å². The number of carbonyl (C=O) groups is 3. The predicted molar refractivity (Wildman–Crippen MR) is 80.0 cm³/mol. The molecule has 0 unspecified atom stereocenters. The minimum Gasteiger partial charge on any atom is -0.451 e. The highest BCUT2D eigenvalue weighted by Crippen LogP contribution is 2.07. The SMILES string of the molecule is CCOC(=O)NC(=O)COC(=O)c1cc(=O)c2ccccc2[nH]1. The van der Waals surface area contributed by atoms with E-state index in [9.17, 15) is 19.2 Å². The van der Waals surface area contributed by atoms with Crippen LogP contribution in [0.3, 0.4) is 0 Å². The van der Waals surface area contributed by atoms with Gasteiger partial charge in [0.2, 0.25) is 0 Å². The second-order valence-electron chi connectivity index (χ2n) is 4.44. The van der Waals surface area contributed by atoms with Gasteiger partial charge in [0.25, 0.3) is 5.91 Å². The maximum absolute atomic E-state index is 11.9. The summed E-state index contributed by atoms with van der Waals surface area (Å²) in [6.07, 6.45) is -0.923. The zero-order valence-electron chi connectivity index (χ0n) is 12.3. The van der Waals surface area contributed by atoms with Gasteiger partial charge in [0, 0.05) is 17.0 Å². The van der Waals surface area contributed by atoms with Crippen molar-refractivity contribution in [3.05, 3.63) is 46.2 Å². The van der Waals surface area contributed by atoms with E-state index < -0.39 is 24.6 Å². The molecular formula is C15H14N2O6. The Labute approximate surface area is 130 Å². The van der Waals surface area contributed by atoms with E-state index in [-0.39, 0.29) is 17.7 Å². The Morgan fingerprint density at radius 3 is 2.65 bits per heavy atom. The lowest BCUT2D eigenvalue weighted by Gasteiger charge is -2.06. The second kappa shape index (κ2) is 7.21. The number of ether oxygens (including phenoxy) is 2. The smallest absolute Gasteiger partial charge is 0.413 e. The van der Waals surface area contributed by atoms with Gasteiger partial charge in [-0.15, -0.1) is 0 Å². The predicted octanol–water partition coefficient (Wildman–Crippen LogP) is 0.958. The van der Waals surface area contributed by atoms with Crippen LogP contribution in [-0.2, 0) is 14.3 Å². The van der Waals surface area contributed by atoms with Crippen LogP contribution in [0.25, 0.3) is 10.9 Å². The largest absolute Gasteiger partial charge is 0.451 e. The van der Waals surface area contributed by atoms with E-state index in [0.717, 1.165) is 6.07 Å². The Morgan fingerprint density at radius 1 is 1.17 bits per heavy atom. The summed E-state index contributed by atoms with van der Waals surface area (Å²) in [5.41, 5.74) is 0.0443. The van der Waals surface area contributed by atoms with Crippen LogP contribution in [-0.4, -0.2) is 36.2 Å². The average Bonchev–Trinajstić information content (AvgIpc) is 2.52. The maximum Gasteiger partial charge on any atom is 0.413 e. The minimum atomic E-state index is -0.923. The second-order valence-corrected chi connectivity index (χ2v) is 4.44. The molecule has 0 aliphatic rings. The summed E-state index contributed by atoms with van der Waals surface area (Å²) in [6.45, 7) is 1.02. The summed E-state index contributed by atoms with van der Waals surface area (Å²) in [6, 6.07) is 7.76. The van der Waals surface area contributed by atoms with Gasteiger partial charge in [-0.05, 0) is 19.1 Å². The third-order valence-corrected chi connectivity index (χ3v) is 2.81. The Bertz CT molecular complexity index is 811. The van der Waals surface area contributed by atoms with Crippen molar-refractivity contribution in [2.24, 2.45) is 0 Å². The molecule has 0 atom stereocenters. The molecule has 0 saturated heterocycles. The molecule has 0 aliphatic carbocycles. The number of alkyl carbamates (subject to hydrolysis) is 1. The third kappa shape index (κ3) is 4.16. The lowest BCUT2D eigenvalue weighted by atomic mass is 10.2. The van der Waals surface area contributed by atoms with Crippen LogP contribution in [0.1, 0.15) is 17.4 Å². The molecule has 0 aliphatic heterocycles. The summed E-state index contributed by atoms with van der Waals surface area (Å²) < 4.78 is 9.25. The molecule has 0 spiro atoms. The molecule has 8 heteroatoms. The first kappa shape index (κ1) is 16.2. The molecule has 2 rings (SSSR count). The van der Waals surface area contributed by atoms with Gasteiger partial charge < -0.3 is 14.5 Å². The molecule has 1 aromatic carbocycles. The lowest BCUT2D eigenvalue weighted by Crippen LogP contribution is -2.34. The molecule has 2 aromatic rings. The number of hydrogen-bond acceptors (Lipinski definition) is 6. The molecule has 1 heterocycles. The normalized spacial score (nSPS) is 10.1. The lowest BCUT2D eigenvalue weighted by molar-refractivity contribution is -0.123. The van der Waals surface area contributed by atoms with Crippen LogP contribution >= 0.6 is 0 Å². The van der Waals surface area contributed by atoms with Gasteiger partial charge in [-0.25, -0.2) is 9.59 Å². The number of imide groups is 1. The molecule has 2 amide bonds. The fourth-order valence-corrected chi connectivity index (χ4v) is 1.83. The van der Waals surface area contributed by atoms with Crippen molar-refractivity contribution >= 4 is 28.9 Å². The monoisotopic (exact) mass is 318 g/mol. The highest BCUT2D eigenvalue weighted by atomic mass is 16.6. The number of carbonyl (C=O) groups excluding carboxylic acids is 3. The van der Waals surface area contributed by atoms with Gasteiger partial charge in [0.05, 0.1) is 6.61 Å². The van der Waals surface area contributed by atoms with E-state index in [4.69, 9.17) is 4.74 Å². The zero-order valence-corrected chi connectivity index (χ0v) is 12.3. The molecule has 0 saturated carbocycles. The number of amides is 2. The number of hydrogen-bond donors (Lipinski definition) is 2. The first-order valence-corrected chi connectivity index (χ1v) is 6.77. The molecule has 120 valence electrons. The average molecular weight is 318 g/mol. The van der Waals surface area contributed by atoms with Gasteiger partial charge in [0.1, 0.15) is 5.69 Å². The van der Waals surface area contributed by atoms with Crippen LogP contribution in [0.15, 0.2) is 35.1 Å². The van der Waals surface area contributed by atoms with Crippen molar-refractivity contribution in [2.45, 2.75) is 6.92 Å². The van der Waals surface area contributed by atoms with Crippen LogP contribution < -0.4 is 10.7 Å². The van der Waals surface area contributed by atoms with Crippen LogP contribution in [0.2, 0.25) is 0 Å². The third-order valence-electron chi connectivity index (χ3n) is 2.81. The molecule has 0 bridgehead atoms. The van der Waals surface area contributed by atoms with Gasteiger partial charge in [-0.1, -0.05) is 12.1 Å². The van der Waals surface area contributed by atoms with Gasteiger partial charge in [0.15, 0.2) is 12.0 Å². The number of fused-ring (bicyclic) bond motifs is 1. The fourth-order valence-electron chi connectivity index (χ4n) is 1.83. The molecule has 1 aromatic heterocycles. The zero-order chi connectivity index (χ0) is 16.8. The maximum atomic E-state index is 11.9. The molecule has 23 heavy (non-hydrogen) atoms. The van der Waals surface area contributed by atoms with E-state index in [2.05, 4.69) is 9.72 Å². The fraction of sp³-hybridized carbons (Fsp3) is 0.200. The van der Waals surface area contributed by atoms with Gasteiger partial charge >= 0.3 is 12.1 Å². The van der Waals surface area contributed by atoms with Crippen molar-refractivity contribution in [3.63, 3.8) is 0 Å². The first-order chi connectivity index (χ1) is 11.0. The number of H-pyrrole nitrogens is 1. The topological polar surface area (TPSA) is 115 Å². The number of esters is 1. The Balaban J connectivity index is 2.02. The number of pyridine rings is 1. The Kier molecular flexibility index (Phi) is 5.08. The number of nitrogens with one attached hydrogen (secondary N) is 2. The summed E-state index contributed by atoms with van der Waals surface area (Å²) in [7, 11) is 0. The quantitative estimate of drug-likeness (QED) is 0.811. The van der Waals surface area contributed by atoms with Gasteiger partial charge in [-0.2, -0.15) is 0 Å². The molecule has 8 nitrogen and oxygen atoms in total. The van der Waals surface area contributed by atoms with Crippen LogP contribution in [0.4, 0.5) is 4.79 Å². The Hall–Kier alpha value is -3.16. The molecule has 2 N–H and O–H groups in total. The van der Waals surface area contributed by atoms with E-state index in [1.165, 1.54) is 0 Å². The van der Waals surface area contributed by atoms with E-state index in [1.54, 1.807) is 31.2 Å². The number of aromatic amines is 1. The number of para-hydroxylation sites is 1.